The summed E-state index contributed by atoms with van der Waals surface area (Å²) in [5, 5.41) is 0. The molecule has 0 aliphatic heterocycles. The van der Waals surface area contributed by atoms with E-state index in [-0.39, 0.29) is 5.91 Å². The highest BCUT2D eigenvalue weighted by atomic mass is 16.5. The first-order valence-corrected chi connectivity index (χ1v) is 9.75. The molecule has 0 spiro atoms. The third-order valence-electron chi connectivity index (χ3n) is 4.83. The Bertz CT molecular complexity index is 702. The van der Waals surface area contributed by atoms with E-state index in [2.05, 4.69) is 35.8 Å². The molecule has 0 atom stereocenters. The van der Waals surface area contributed by atoms with E-state index in [1.165, 1.54) is 24.8 Å². The van der Waals surface area contributed by atoms with Crippen LogP contribution in [0.15, 0.2) is 30.3 Å². The fourth-order valence-corrected chi connectivity index (χ4v) is 3.31. The van der Waals surface area contributed by atoms with Crippen molar-refractivity contribution in [1.82, 2.24) is 4.57 Å². The van der Waals surface area contributed by atoms with Gasteiger partial charge in [-0.05, 0) is 50.3 Å². The zero-order valence-electron chi connectivity index (χ0n) is 16.4. The van der Waals surface area contributed by atoms with Crippen LogP contribution in [0.1, 0.15) is 61.1 Å². The normalized spacial score (nSPS) is 11.0. The predicted octanol–water partition coefficient (Wildman–Crippen LogP) is 4.72. The lowest BCUT2D eigenvalue weighted by molar-refractivity contribution is 0.0999. The number of carbonyl (C=O) groups is 1. The molecular formula is C22H32N2O2. The Balaban J connectivity index is 2.23. The minimum absolute atomic E-state index is 0.372. The molecule has 0 saturated carbocycles. The van der Waals surface area contributed by atoms with Crippen LogP contribution in [0.25, 0.3) is 11.3 Å². The molecule has 0 aliphatic rings. The van der Waals surface area contributed by atoms with Crippen LogP contribution in [0, 0.1) is 6.92 Å². The number of rotatable bonds is 11. The highest BCUT2D eigenvalue weighted by Crippen LogP contribution is 2.27. The van der Waals surface area contributed by atoms with Gasteiger partial charge in [-0.25, -0.2) is 0 Å². The highest BCUT2D eigenvalue weighted by molar-refractivity contribution is 5.95. The third-order valence-corrected chi connectivity index (χ3v) is 4.83. The van der Waals surface area contributed by atoms with Crippen LogP contribution >= 0.6 is 0 Å². The Kier molecular flexibility index (Phi) is 7.92. The van der Waals surface area contributed by atoms with Gasteiger partial charge in [0.25, 0.3) is 5.91 Å². The zero-order valence-corrected chi connectivity index (χ0v) is 16.4. The van der Waals surface area contributed by atoms with Gasteiger partial charge >= 0.3 is 0 Å². The van der Waals surface area contributed by atoms with Crippen molar-refractivity contribution in [2.24, 2.45) is 5.73 Å². The third kappa shape index (κ3) is 5.21. The molecule has 1 aromatic carbocycles. The molecule has 4 heteroatoms. The number of aryl methyl sites for hydroxylation is 1. The first kappa shape index (κ1) is 20.2. The molecule has 4 nitrogen and oxygen atoms in total. The standard InChI is InChI=1S/C22H32N2O2/c1-4-6-7-9-18-10-12-19(13-11-18)21-16-20(22(23)25)17(3)24(21)14-8-15-26-5-2/h10-13,16H,4-9,14-15H2,1-3H3,(H2,23,25). The van der Waals surface area contributed by atoms with E-state index in [1.807, 2.05) is 19.9 Å². The summed E-state index contributed by atoms with van der Waals surface area (Å²) in [4.78, 5) is 11.8. The summed E-state index contributed by atoms with van der Waals surface area (Å²) in [6.07, 6.45) is 5.77. The lowest BCUT2D eigenvalue weighted by atomic mass is 10.0. The van der Waals surface area contributed by atoms with E-state index in [0.717, 1.165) is 49.6 Å². The smallest absolute Gasteiger partial charge is 0.250 e. The highest BCUT2D eigenvalue weighted by Gasteiger charge is 2.16. The number of amides is 1. The summed E-state index contributed by atoms with van der Waals surface area (Å²) in [7, 11) is 0. The minimum atomic E-state index is -0.372. The minimum Gasteiger partial charge on any atom is -0.382 e. The van der Waals surface area contributed by atoms with Gasteiger partial charge in [0.05, 0.1) is 5.56 Å². The maximum Gasteiger partial charge on any atom is 0.250 e. The van der Waals surface area contributed by atoms with Crippen molar-refractivity contribution in [2.75, 3.05) is 13.2 Å². The quantitative estimate of drug-likeness (QED) is 0.592. The molecule has 0 saturated heterocycles. The molecule has 26 heavy (non-hydrogen) atoms. The van der Waals surface area contributed by atoms with Gasteiger partial charge in [0.2, 0.25) is 0 Å². The van der Waals surface area contributed by atoms with Gasteiger partial charge in [-0.3, -0.25) is 4.79 Å². The van der Waals surface area contributed by atoms with Gasteiger partial charge in [0.15, 0.2) is 0 Å². The summed E-state index contributed by atoms with van der Waals surface area (Å²) in [6.45, 7) is 8.44. The summed E-state index contributed by atoms with van der Waals surface area (Å²) >= 11 is 0. The molecule has 0 aliphatic carbocycles. The average Bonchev–Trinajstić information content (AvgIpc) is 2.96. The van der Waals surface area contributed by atoms with Crippen LogP contribution in [-0.2, 0) is 17.7 Å². The molecule has 2 N–H and O–H groups in total. The molecule has 0 bridgehead atoms. The molecule has 2 rings (SSSR count). The molecule has 2 aromatic rings. The van der Waals surface area contributed by atoms with Gasteiger partial charge in [-0.1, -0.05) is 44.0 Å². The van der Waals surface area contributed by atoms with Crippen LogP contribution in [0.3, 0.4) is 0 Å². The van der Waals surface area contributed by atoms with Crippen LogP contribution in [-0.4, -0.2) is 23.7 Å². The van der Waals surface area contributed by atoms with Gasteiger partial charge in [-0.2, -0.15) is 0 Å². The number of unbranched alkanes of at least 4 members (excludes halogenated alkanes) is 2. The Morgan fingerprint density at radius 3 is 2.46 bits per heavy atom. The Labute approximate surface area is 157 Å². The molecule has 0 radical (unpaired) electrons. The molecule has 0 fully saturated rings. The van der Waals surface area contributed by atoms with Crippen LogP contribution in [0.4, 0.5) is 0 Å². The summed E-state index contributed by atoms with van der Waals surface area (Å²) in [5.41, 5.74) is 10.6. The molecule has 1 amide bonds. The number of primary amides is 1. The molecule has 1 heterocycles. The number of carbonyl (C=O) groups excluding carboxylic acids is 1. The summed E-state index contributed by atoms with van der Waals surface area (Å²) in [6, 6.07) is 10.6. The van der Waals surface area contributed by atoms with Crippen molar-refractivity contribution in [3.05, 3.63) is 47.2 Å². The number of aromatic nitrogens is 1. The number of hydrogen-bond acceptors (Lipinski definition) is 2. The maximum absolute atomic E-state index is 11.8. The van der Waals surface area contributed by atoms with Crippen molar-refractivity contribution in [1.29, 1.82) is 0 Å². The summed E-state index contributed by atoms with van der Waals surface area (Å²) in [5.74, 6) is -0.372. The van der Waals surface area contributed by atoms with E-state index in [9.17, 15) is 4.79 Å². The van der Waals surface area contributed by atoms with Gasteiger partial charge < -0.3 is 15.0 Å². The Hall–Kier alpha value is -2.07. The first-order chi connectivity index (χ1) is 12.6. The van der Waals surface area contributed by atoms with Crippen molar-refractivity contribution >= 4 is 5.91 Å². The first-order valence-electron chi connectivity index (χ1n) is 9.75. The largest absolute Gasteiger partial charge is 0.382 e. The Morgan fingerprint density at radius 1 is 1.12 bits per heavy atom. The van der Waals surface area contributed by atoms with Crippen LogP contribution in [0.5, 0.6) is 0 Å². The van der Waals surface area contributed by atoms with E-state index >= 15 is 0 Å². The fourth-order valence-electron chi connectivity index (χ4n) is 3.31. The molecule has 1 aromatic heterocycles. The molecule has 142 valence electrons. The fraction of sp³-hybridized carbons (Fsp3) is 0.500. The lowest BCUT2D eigenvalue weighted by Gasteiger charge is -2.12. The number of nitrogens with zero attached hydrogens (tertiary/aromatic N) is 1. The second-order valence-corrected chi connectivity index (χ2v) is 6.75. The second-order valence-electron chi connectivity index (χ2n) is 6.75. The predicted molar refractivity (Wildman–Crippen MR) is 107 cm³/mol. The number of ether oxygens (including phenoxy) is 1. The maximum atomic E-state index is 11.8. The monoisotopic (exact) mass is 356 g/mol. The van der Waals surface area contributed by atoms with Crippen molar-refractivity contribution in [3.8, 4) is 11.3 Å². The number of nitrogens with two attached hydrogens (primary N) is 1. The van der Waals surface area contributed by atoms with Crippen molar-refractivity contribution in [3.63, 3.8) is 0 Å². The van der Waals surface area contributed by atoms with Crippen LogP contribution < -0.4 is 5.73 Å². The second kappa shape index (κ2) is 10.2. The van der Waals surface area contributed by atoms with Gasteiger partial charge in [0, 0.05) is 31.1 Å². The summed E-state index contributed by atoms with van der Waals surface area (Å²) < 4.78 is 7.64. The topological polar surface area (TPSA) is 57.2 Å². The molecular weight excluding hydrogens is 324 g/mol. The SMILES string of the molecule is CCCCCc1ccc(-c2cc(C(N)=O)c(C)n2CCCOCC)cc1. The van der Waals surface area contributed by atoms with E-state index < -0.39 is 0 Å². The van der Waals surface area contributed by atoms with Crippen molar-refractivity contribution < 1.29 is 9.53 Å². The number of benzene rings is 1. The van der Waals surface area contributed by atoms with Crippen LogP contribution in [0.2, 0.25) is 0 Å². The van der Waals surface area contributed by atoms with E-state index in [4.69, 9.17) is 10.5 Å². The Morgan fingerprint density at radius 2 is 1.85 bits per heavy atom. The van der Waals surface area contributed by atoms with Gasteiger partial charge in [-0.15, -0.1) is 0 Å². The van der Waals surface area contributed by atoms with Gasteiger partial charge in [0.1, 0.15) is 0 Å². The average molecular weight is 357 g/mol. The van der Waals surface area contributed by atoms with Crippen molar-refractivity contribution in [2.45, 2.75) is 59.4 Å². The zero-order chi connectivity index (χ0) is 18.9. The van der Waals surface area contributed by atoms with E-state index in [1.54, 1.807) is 0 Å². The van der Waals surface area contributed by atoms with E-state index in [0.29, 0.717) is 5.56 Å². The molecule has 0 unspecified atom stereocenters. The number of hydrogen-bond donors (Lipinski definition) is 1. The lowest BCUT2D eigenvalue weighted by Crippen LogP contribution is -2.13.